The van der Waals surface area contributed by atoms with Crippen LogP contribution in [0.2, 0.25) is 5.02 Å². The zero-order chi connectivity index (χ0) is 19.7. The van der Waals surface area contributed by atoms with Crippen molar-refractivity contribution in [2.75, 3.05) is 6.61 Å². The van der Waals surface area contributed by atoms with Gasteiger partial charge in [-0.15, -0.1) is 0 Å². The molecule has 1 aliphatic rings. The van der Waals surface area contributed by atoms with Crippen LogP contribution in [0.25, 0.3) is 5.69 Å². The molecule has 144 valence electrons. The lowest BCUT2D eigenvalue weighted by molar-refractivity contribution is -0.121. The second-order valence-corrected chi connectivity index (χ2v) is 7.45. The maximum absolute atomic E-state index is 12.8. The first-order valence-electron chi connectivity index (χ1n) is 9.35. The van der Waals surface area contributed by atoms with Gasteiger partial charge in [-0.25, -0.2) is 4.68 Å². The molecule has 1 N–H and O–H groups in total. The number of carbonyl (C=O) groups excluding carboxylic acids is 1. The number of benzene rings is 2. The van der Waals surface area contributed by atoms with E-state index in [4.69, 9.17) is 16.3 Å². The maximum atomic E-state index is 12.8. The van der Waals surface area contributed by atoms with Crippen LogP contribution in [0, 0.1) is 13.8 Å². The van der Waals surface area contributed by atoms with E-state index in [1.54, 1.807) is 0 Å². The Hall–Kier alpha value is -2.79. The van der Waals surface area contributed by atoms with E-state index in [2.05, 4.69) is 10.4 Å². The summed E-state index contributed by atoms with van der Waals surface area (Å²) in [5.41, 5.74) is 4.73. The lowest BCUT2D eigenvalue weighted by Gasteiger charge is -2.26. The molecule has 0 spiro atoms. The maximum Gasteiger partial charge on any atom is 0.225 e. The molecule has 5 nitrogen and oxygen atoms in total. The summed E-state index contributed by atoms with van der Waals surface area (Å²) < 4.78 is 7.54. The van der Waals surface area contributed by atoms with Crippen LogP contribution in [0.3, 0.4) is 0 Å². The lowest BCUT2D eigenvalue weighted by Crippen LogP contribution is -2.33. The SMILES string of the molecule is Cc1nn(-c2ccc(Cl)cc2)c(C)c1CC(=O)N[C@H]1CCOc2ccccc21. The van der Waals surface area contributed by atoms with Gasteiger partial charge in [0.1, 0.15) is 5.75 Å². The van der Waals surface area contributed by atoms with E-state index >= 15 is 0 Å². The average molecular weight is 396 g/mol. The minimum atomic E-state index is -0.0237. The molecule has 1 amide bonds. The van der Waals surface area contributed by atoms with Crippen LogP contribution >= 0.6 is 11.6 Å². The van der Waals surface area contributed by atoms with E-state index < -0.39 is 0 Å². The Kier molecular flexibility index (Phi) is 5.09. The van der Waals surface area contributed by atoms with Crippen molar-refractivity contribution in [2.45, 2.75) is 32.7 Å². The minimum Gasteiger partial charge on any atom is -0.493 e. The quantitative estimate of drug-likeness (QED) is 0.715. The highest BCUT2D eigenvalue weighted by molar-refractivity contribution is 6.30. The highest BCUT2D eigenvalue weighted by Gasteiger charge is 2.24. The number of nitrogens with zero attached hydrogens (tertiary/aromatic N) is 2. The zero-order valence-corrected chi connectivity index (χ0v) is 16.7. The summed E-state index contributed by atoms with van der Waals surface area (Å²) in [4.78, 5) is 12.8. The molecule has 2 aromatic carbocycles. The molecule has 1 atom stereocenters. The molecule has 4 rings (SSSR count). The van der Waals surface area contributed by atoms with E-state index in [1.807, 2.05) is 67.1 Å². The number of amides is 1. The van der Waals surface area contributed by atoms with Crippen LogP contribution < -0.4 is 10.1 Å². The summed E-state index contributed by atoms with van der Waals surface area (Å²) >= 11 is 5.98. The van der Waals surface area contributed by atoms with Gasteiger partial charge in [-0.05, 0) is 44.2 Å². The van der Waals surface area contributed by atoms with Crippen LogP contribution in [0.5, 0.6) is 5.75 Å². The number of nitrogens with one attached hydrogen (secondary N) is 1. The molecule has 0 unspecified atom stereocenters. The number of aryl methyl sites for hydroxylation is 1. The van der Waals surface area contributed by atoms with Crippen molar-refractivity contribution in [3.8, 4) is 11.4 Å². The molecule has 28 heavy (non-hydrogen) atoms. The van der Waals surface area contributed by atoms with E-state index in [0.29, 0.717) is 18.1 Å². The lowest BCUT2D eigenvalue weighted by atomic mass is 10.00. The molecule has 0 aliphatic carbocycles. The van der Waals surface area contributed by atoms with Gasteiger partial charge < -0.3 is 10.1 Å². The van der Waals surface area contributed by atoms with Crippen LogP contribution in [-0.4, -0.2) is 22.3 Å². The number of carbonyl (C=O) groups is 1. The third-order valence-electron chi connectivity index (χ3n) is 5.14. The number of rotatable bonds is 4. The molecule has 1 aliphatic heterocycles. The number of halogens is 1. The Morgan fingerprint density at radius 3 is 2.75 bits per heavy atom. The van der Waals surface area contributed by atoms with Crippen molar-refractivity contribution in [2.24, 2.45) is 0 Å². The highest BCUT2D eigenvalue weighted by atomic mass is 35.5. The van der Waals surface area contributed by atoms with E-state index in [-0.39, 0.29) is 11.9 Å². The van der Waals surface area contributed by atoms with Gasteiger partial charge in [0.2, 0.25) is 5.91 Å². The number of ether oxygens (including phenoxy) is 1. The second kappa shape index (κ2) is 7.68. The normalized spacial score (nSPS) is 15.6. The summed E-state index contributed by atoms with van der Waals surface area (Å²) in [5, 5.41) is 8.46. The topological polar surface area (TPSA) is 56.2 Å². The third kappa shape index (κ3) is 3.62. The first kappa shape index (κ1) is 18.6. The summed E-state index contributed by atoms with van der Waals surface area (Å²) in [6, 6.07) is 15.4. The second-order valence-electron chi connectivity index (χ2n) is 7.01. The van der Waals surface area contributed by atoms with E-state index in [9.17, 15) is 4.79 Å². The Bertz CT molecular complexity index is 1010. The predicted octanol–water partition coefficient (Wildman–Crippen LogP) is 4.33. The smallest absolute Gasteiger partial charge is 0.225 e. The van der Waals surface area contributed by atoms with Crippen molar-refractivity contribution in [1.29, 1.82) is 0 Å². The van der Waals surface area contributed by atoms with Gasteiger partial charge >= 0.3 is 0 Å². The molecule has 0 saturated heterocycles. The first-order valence-corrected chi connectivity index (χ1v) is 9.73. The summed E-state index contributed by atoms with van der Waals surface area (Å²) in [6.07, 6.45) is 1.07. The van der Waals surface area contributed by atoms with Crippen LogP contribution in [0.15, 0.2) is 48.5 Å². The molecular weight excluding hydrogens is 374 g/mol. The molecule has 2 heterocycles. The van der Waals surface area contributed by atoms with E-state index in [0.717, 1.165) is 40.4 Å². The molecule has 0 radical (unpaired) electrons. The predicted molar refractivity (Wildman–Crippen MR) is 109 cm³/mol. The van der Waals surface area contributed by atoms with Crippen LogP contribution in [0.4, 0.5) is 0 Å². The number of hydrogen-bond acceptors (Lipinski definition) is 3. The Balaban J connectivity index is 1.52. The van der Waals surface area contributed by atoms with E-state index in [1.165, 1.54) is 0 Å². The summed E-state index contributed by atoms with van der Waals surface area (Å²) in [7, 11) is 0. The summed E-state index contributed by atoms with van der Waals surface area (Å²) in [6.45, 7) is 4.53. The first-order chi connectivity index (χ1) is 13.5. The van der Waals surface area contributed by atoms with Crippen molar-refractivity contribution in [1.82, 2.24) is 15.1 Å². The largest absolute Gasteiger partial charge is 0.493 e. The fourth-order valence-electron chi connectivity index (χ4n) is 3.66. The van der Waals surface area contributed by atoms with Gasteiger partial charge in [-0.3, -0.25) is 4.79 Å². The number of hydrogen-bond donors (Lipinski definition) is 1. The molecule has 3 aromatic rings. The Morgan fingerprint density at radius 2 is 1.96 bits per heavy atom. The van der Waals surface area contributed by atoms with Gasteiger partial charge in [-0.1, -0.05) is 29.8 Å². The van der Waals surface area contributed by atoms with Crippen molar-refractivity contribution in [3.05, 3.63) is 76.1 Å². The highest BCUT2D eigenvalue weighted by Crippen LogP contribution is 2.31. The van der Waals surface area contributed by atoms with Crippen molar-refractivity contribution >= 4 is 17.5 Å². The fourth-order valence-corrected chi connectivity index (χ4v) is 3.79. The average Bonchev–Trinajstić information content (AvgIpc) is 2.97. The van der Waals surface area contributed by atoms with Gasteiger partial charge in [0.15, 0.2) is 0 Å². The minimum absolute atomic E-state index is 0.0106. The molecule has 1 aromatic heterocycles. The number of aromatic nitrogens is 2. The molecule has 0 bridgehead atoms. The Labute approximate surface area is 169 Å². The molecule has 0 saturated carbocycles. The van der Waals surface area contributed by atoms with Crippen molar-refractivity contribution in [3.63, 3.8) is 0 Å². The molecule has 6 heteroatoms. The van der Waals surface area contributed by atoms with Gasteiger partial charge in [0.25, 0.3) is 0 Å². The van der Waals surface area contributed by atoms with Crippen molar-refractivity contribution < 1.29 is 9.53 Å². The fraction of sp³-hybridized carbons (Fsp3) is 0.273. The summed E-state index contributed by atoms with van der Waals surface area (Å²) in [5.74, 6) is 0.838. The number of fused-ring (bicyclic) bond motifs is 1. The van der Waals surface area contributed by atoms with Gasteiger partial charge in [0, 0.05) is 28.3 Å². The number of para-hydroxylation sites is 1. The zero-order valence-electron chi connectivity index (χ0n) is 15.9. The van der Waals surface area contributed by atoms with Crippen LogP contribution in [-0.2, 0) is 11.2 Å². The van der Waals surface area contributed by atoms with Gasteiger partial charge in [0.05, 0.1) is 30.5 Å². The van der Waals surface area contributed by atoms with Gasteiger partial charge in [-0.2, -0.15) is 5.10 Å². The molecule has 0 fully saturated rings. The molecular formula is C22H22ClN3O2. The standard InChI is InChI=1S/C22H22ClN3O2/c1-14-19(15(2)26(25-14)17-9-7-16(23)8-10-17)13-22(27)24-20-11-12-28-21-6-4-3-5-18(20)21/h3-10,20H,11-13H2,1-2H3,(H,24,27)/t20-/m0/s1. The third-order valence-corrected chi connectivity index (χ3v) is 5.40. The van der Waals surface area contributed by atoms with Crippen LogP contribution in [0.1, 0.15) is 35.0 Å². The monoisotopic (exact) mass is 395 g/mol. The Morgan fingerprint density at radius 1 is 1.21 bits per heavy atom.